The van der Waals surface area contributed by atoms with Crippen LogP contribution in [0, 0.1) is 0 Å². The average molecular weight is 484 g/mol. The molecule has 34 heavy (non-hydrogen) atoms. The van der Waals surface area contributed by atoms with Crippen LogP contribution in [0.25, 0.3) is 0 Å². The van der Waals surface area contributed by atoms with Crippen LogP contribution in [0.15, 0.2) is 118 Å². The molecule has 0 saturated carbocycles. The van der Waals surface area contributed by atoms with E-state index in [0.717, 1.165) is 0 Å². The standard InChI is InChI=1S/C31H35NP2/c1-24-20-33-21-25(2)27(4)23-34(33,22-26(24)3)32-31(28-14-8-5-9-15-28,29-16-10-6-11-17-29)30-18-12-7-13-19-30/h5-19H,20-23H2,1-4H3. The molecule has 3 heteroatoms. The van der Waals surface area contributed by atoms with Gasteiger partial charge >= 0.3 is 0 Å². The lowest BCUT2D eigenvalue weighted by Gasteiger charge is -2.46. The molecular weight excluding hydrogens is 448 g/mol. The molecule has 0 radical (unpaired) electrons. The average Bonchev–Trinajstić information content (AvgIpc) is 2.87. The van der Waals surface area contributed by atoms with Gasteiger partial charge in [-0.1, -0.05) is 121 Å². The van der Waals surface area contributed by atoms with Crippen molar-refractivity contribution in [3.63, 3.8) is 0 Å². The lowest BCUT2D eigenvalue weighted by molar-refractivity contribution is 0.664. The molecule has 0 N–H and O–H groups in total. The maximum Gasteiger partial charge on any atom is 0.135 e. The van der Waals surface area contributed by atoms with Crippen LogP contribution >= 0.6 is 14.4 Å². The lowest BCUT2D eigenvalue weighted by Crippen LogP contribution is -2.28. The molecule has 0 amide bonds. The van der Waals surface area contributed by atoms with Crippen LogP contribution in [0.1, 0.15) is 44.4 Å². The van der Waals surface area contributed by atoms with Crippen molar-refractivity contribution < 1.29 is 0 Å². The van der Waals surface area contributed by atoms with E-state index in [1.165, 1.54) is 41.3 Å². The second kappa shape index (κ2) is 9.45. The van der Waals surface area contributed by atoms with Crippen molar-refractivity contribution in [1.29, 1.82) is 0 Å². The molecule has 0 atom stereocenters. The van der Waals surface area contributed by atoms with Crippen LogP contribution < -0.4 is 0 Å². The highest BCUT2D eigenvalue weighted by atomic mass is 32.1. The molecule has 2 aliphatic heterocycles. The Kier molecular flexibility index (Phi) is 6.54. The summed E-state index contributed by atoms with van der Waals surface area (Å²) in [7, 11) is -0.169. The smallest absolute Gasteiger partial charge is 0.135 e. The van der Waals surface area contributed by atoms with Gasteiger partial charge in [-0.05, 0) is 56.7 Å². The number of rotatable bonds is 4. The fourth-order valence-electron chi connectivity index (χ4n) is 5.55. The second-order valence-corrected chi connectivity index (χ2v) is 18.2. The number of fused-ring (bicyclic) bond motifs is 1. The van der Waals surface area contributed by atoms with Crippen LogP contribution in [0.3, 0.4) is 0 Å². The summed E-state index contributed by atoms with van der Waals surface area (Å²) in [6.45, 7) is 7.85. The van der Waals surface area contributed by atoms with Gasteiger partial charge in [0.25, 0.3) is 0 Å². The van der Waals surface area contributed by atoms with Crippen molar-refractivity contribution in [3.05, 3.63) is 130 Å². The minimum Gasteiger partial charge on any atom is -0.277 e. The number of hydrogen-bond acceptors (Lipinski definition) is 1. The molecule has 1 nitrogen and oxygen atoms in total. The van der Waals surface area contributed by atoms with Crippen LogP contribution in [0.5, 0.6) is 0 Å². The fraction of sp³-hybridized carbons (Fsp3) is 0.290. The second-order valence-electron chi connectivity index (χ2n) is 10.0. The third kappa shape index (κ3) is 4.08. The van der Waals surface area contributed by atoms with E-state index in [9.17, 15) is 0 Å². The predicted octanol–water partition coefficient (Wildman–Crippen LogP) is 9.28. The minimum absolute atomic E-state index is 0.169. The largest absolute Gasteiger partial charge is 0.277 e. The Hall–Kier alpha value is -2.20. The van der Waals surface area contributed by atoms with Gasteiger partial charge in [-0.25, -0.2) is 0 Å². The van der Waals surface area contributed by atoms with Crippen LogP contribution in [0.2, 0.25) is 0 Å². The highest BCUT2D eigenvalue weighted by Gasteiger charge is 2.44. The number of hydrogen-bond donors (Lipinski definition) is 0. The van der Waals surface area contributed by atoms with Crippen LogP contribution in [-0.2, 0) is 5.54 Å². The van der Waals surface area contributed by atoms with Crippen molar-refractivity contribution in [2.24, 2.45) is 4.74 Å². The van der Waals surface area contributed by atoms with E-state index in [1.54, 1.807) is 22.3 Å². The highest BCUT2D eigenvalue weighted by Crippen LogP contribution is 2.84. The molecule has 0 aliphatic carbocycles. The molecule has 0 saturated heterocycles. The van der Waals surface area contributed by atoms with Gasteiger partial charge in [0.2, 0.25) is 0 Å². The van der Waals surface area contributed by atoms with Crippen molar-refractivity contribution in [2.45, 2.75) is 33.2 Å². The zero-order chi connectivity index (χ0) is 23.8. The first kappa shape index (κ1) is 23.5. The Morgan fingerprint density at radius 3 is 1.26 bits per heavy atom. The van der Waals surface area contributed by atoms with Gasteiger partial charge in [-0.3, -0.25) is 4.74 Å². The number of allylic oxidation sites excluding steroid dienone is 4. The topological polar surface area (TPSA) is 12.4 Å². The van der Waals surface area contributed by atoms with Crippen molar-refractivity contribution in [1.82, 2.24) is 0 Å². The Labute approximate surface area is 206 Å². The van der Waals surface area contributed by atoms with Gasteiger partial charge in [-0.15, -0.1) is 0 Å². The molecule has 2 heterocycles. The first-order valence-electron chi connectivity index (χ1n) is 12.3. The summed E-state index contributed by atoms with van der Waals surface area (Å²) in [5, 5.41) is 0. The Morgan fingerprint density at radius 1 is 0.559 bits per heavy atom. The van der Waals surface area contributed by atoms with Crippen molar-refractivity contribution in [3.8, 4) is 0 Å². The van der Waals surface area contributed by atoms with Crippen molar-refractivity contribution >= 4 is 14.4 Å². The Morgan fingerprint density at radius 2 is 0.912 bits per heavy atom. The third-order valence-corrected chi connectivity index (χ3v) is 18.2. The molecule has 0 fully saturated rings. The first-order valence-corrected chi connectivity index (χ1v) is 16.8. The molecule has 0 bridgehead atoms. The normalized spacial score (nSPS) is 23.0. The maximum absolute atomic E-state index is 6.27. The summed E-state index contributed by atoms with van der Waals surface area (Å²) in [4.78, 5) is 0. The predicted molar refractivity (Wildman–Crippen MR) is 152 cm³/mol. The van der Waals surface area contributed by atoms with E-state index in [-0.39, 0.29) is 7.61 Å². The van der Waals surface area contributed by atoms with Gasteiger partial charge in [-0.2, -0.15) is 0 Å². The van der Waals surface area contributed by atoms with E-state index in [0.29, 0.717) is 0 Å². The number of benzene rings is 3. The van der Waals surface area contributed by atoms with Crippen LogP contribution in [0.4, 0.5) is 0 Å². The Bertz CT molecular complexity index is 1160. The van der Waals surface area contributed by atoms with Gasteiger partial charge in [0, 0.05) is 19.1 Å². The molecule has 0 aromatic heterocycles. The zero-order valence-electron chi connectivity index (χ0n) is 20.8. The highest BCUT2D eigenvalue weighted by molar-refractivity contribution is 8.34. The maximum atomic E-state index is 6.27. The van der Waals surface area contributed by atoms with Gasteiger partial charge in [0.1, 0.15) is 5.54 Å². The van der Waals surface area contributed by atoms with E-state index in [1.807, 2.05) is 0 Å². The summed E-state index contributed by atoms with van der Waals surface area (Å²) in [5.41, 5.74) is 9.77. The molecule has 0 spiro atoms. The van der Waals surface area contributed by atoms with Gasteiger partial charge in [0.15, 0.2) is 0 Å². The molecular formula is C31H35NP2. The quantitative estimate of drug-likeness (QED) is 0.199. The third-order valence-electron chi connectivity index (χ3n) is 7.71. The molecule has 2 aliphatic rings. The van der Waals surface area contributed by atoms with E-state index in [2.05, 4.69) is 119 Å². The lowest BCUT2D eigenvalue weighted by atomic mass is 9.78. The van der Waals surface area contributed by atoms with E-state index < -0.39 is 12.3 Å². The van der Waals surface area contributed by atoms with E-state index in [4.69, 9.17) is 4.74 Å². The summed E-state index contributed by atoms with van der Waals surface area (Å²) in [6.07, 6.45) is 4.89. The SMILES string of the molecule is CC1=C(C)CP2(=NC(c3ccccc3)(c3ccccc3)c3ccccc3)CC(C)=C(C)CP2C1. The van der Waals surface area contributed by atoms with Gasteiger partial charge < -0.3 is 0 Å². The van der Waals surface area contributed by atoms with E-state index >= 15 is 0 Å². The molecule has 3 aromatic rings. The monoisotopic (exact) mass is 483 g/mol. The molecule has 5 rings (SSSR count). The van der Waals surface area contributed by atoms with Crippen molar-refractivity contribution in [2.75, 3.05) is 24.6 Å². The molecule has 0 unspecified atom stereocenters. The molecule has 174 valence electrons. The summed E-state index contributed by atoms with van der Waals surface area (Å²) in [6, 6.07) is 33.2. The van der Waals surface area contributed by atoms with Gasteiger partial charge in [0.05, 0.1) is 0 Å². The summed E-state index contributed by atoms with van der Waals surface area (Å²) < 4.78 is 6.27. The summed E-state index contributed by atoms with van der Waals surface area (Å²) >= 11 is 0. The minimum atomic E-state index is -1.63. The first-order chi connectivity index (χ1) is 16.4. The van der Waals surface area contributed by atoms with Crippen LogP contribution in [-0.4, -0.2) is 24.6 Å². The zero-order valence-corrected chi connectivity index (χ0v) is 22.6. The summed E-state index contributed by atoms with van der Waals surface area (Å²) in [5.74, 6) is 0. The fourth-order valence-corrected chi connectivity index (χ4v) is 17.7. The Balaban J connectivity index is 1.89. The number of nitrogens with zero attached hydrogens (tertiary/aromatic N) is 1. The molecule has 3 aromatic carbocycles.